The maximum absolute atomic E-state index is 6.07. The van der Waals surface area contributed by atoms with Crippen LogP contribution in [0, 0.1) is 0 Å². The molecule has 0 aromatic heterocycles. The summed E-state index contributed by atoms with van der Waals surface area (Å²) < 4.78 is 11.4. The Kier molecular flexibility index (Phi) is 6.52. The van der Waals surface area contributed by atoms with Crippen LogP contribution >= 0.6 is 12.4 Å². The number of aliphatic imine (C=N–C) groups is 2. The number of benzene rings is 2. The SMILES string of the molecule is CC1(C)N=C(N)N=C(N)N1c1cccc(OCCOc2ccccc2)c1.Cl. The molecule has 0 spiro atoms. The lowest BCUT2D eigenvalue weighted by Gasteiger charge is -2.38. The molecule has 144 valence electrons. The highest BCUT2D eigenvalue weighted by molar-refractivity contribution is 6.05. The van der Waals surface area contributed by atoms with Crippen molar-refractivity contribution in [2.45, 2.75) is 19.5 Å². The lowest BCUT2D eigenvalue weighted by Crippen LogP contribution is -2.54. The molecule has 2 aromatic rings. The zero-order chi connectivity index (χ0) is 18.6. The summed E-state index contributed by atoms with van der Waals surface area (Å²) in [6.45, 7) is 4.72. The molecule has 0 amide bonds. The van der Waals surface area contributed by atoms with E-state index in [1.807, 2.05) is 73.3 Å². The zero-order valence-corrected chi connectivity index (χ0v) is 16.1. The first-order valence-corrected chi connectivity index (χ1v) is 8.36. The number of nitrogens with zero attached hydrogens (tertiary/aromatic N) is 3. The van der Waals surface area contributed by atoms with E-state index in [9.17, 15) is 0 Å². The number of nitrogens with two attached hydrogens (primary N) is 2. The smallest absolute Gasteiger partial charge is 0.220 e. The second-order valence-corrected chi connectivity index (χ2v) is 6.28. The van der Waals surface area contributed by atoms with Crippen molar-refractivity contribution < 1.29 is 9.47 Å². The minimum atomic E-state index is -0.634. The minimum Gasteiger partial charge on any atom is -0.490 e. The first-order valence-electron chi connectivity index (χ1n) is 8.36. The summed E-state index contributed by atoms with van der Waals surface area (Å²) in [5.41, 5.74) is 12.0. The maximum atomic E-state index is 6.07. The minimum absolute atomic E-state index is 0. The van der Waals surface area contributed by atoms with E-state index < -0.39 is 5.66 Å². The number of anilines is 1. The molecule has 3 rings (SSSR count). The fourth-order valence-electron chi connectivity index (χ4n) is 2.80. The van der Waals surface area contributed by atoms with E-state index in [1.54, 1.807) is 0 Å². The normalized spacial score (nSPS) is 15.3. The van der Waals surface area contributed by atoms with Crippen LogP contribution in [0.3, 0.4) is 0 Å². The van der Waals surface area contributed by atoms with Crippen LogP contribution in [0.1, 0.15) is 13.8 Å². The van der Waals surface area contributed by atoms with E-state index in [0.717, 1.165) is 11.4 Å². The van der Waals surface area contributed by atoms with Crippen molar-refractivity contribution >= 4 is 30.0 Å². The van der Waals surface area contributed by atoms with Gasteiger partial charge in [-0.15, -0.1) is 12.4 Å². The third kappa shape index (κ3) is 5.04. The van der Waals surface area contributed by atoms with E-state index in [4.69, 9.17) is 20.9 Å². The van der Waals surface area contributed by atoms with Gasteiger partial charge in [-0.05, 0) is 38.1 Å². The summed E-state index contributed by atoms with van der Waals surface area (Å²) >= 11 is 0. The highest BCUT2D eigenvalue weighted by Crippen LogP contribution is 2.29. The van der Waals surface area contributed by atoms with Crippen LogP contribution in [0.15, 0.2) is 64.6 Å². The van der Waals surface area contributed by atoms with Crippen LogP contribution in [-0.4, -0.2) is 30.8 Å². The summed E-state index contributed by atoms with van der Waals surface area (Å²) in [4.78, 5) is 10.2. The topological polar surface area (TPSA) is 98.5 Å². The Morgan fingerprint density at radius 2 is 1.56 bits per heavy atom. The number of guanidine groups is 2. The summed E-state index contributed by atoms with van der Waals surface area (Å²) in [5.74, 6) is 2.01. The van der Waals surface area contributed by atoms with Crippen LogP contribution in [0.2, 0.25) is 0 Å². The van der Waals surface area contributed by atoms with Crippen molar-refractivity contribution in [3.05, 3.63) is 54.6 Å². The molecule has 8 heteroatoms. The molecule has 1 aliphatic heterocycles. The zero-order valence-electron chi connectivity index (χ0n) is 15.3. The van der Waals surface area contributed by atoms with Gasteiger partial charge in [-0.1, -0.05) is 24.3 Å². The van der Waals surface area contributed by atoms with Crippen LogP contribution in [0.5, 0.6) is 11.5 Å². The third-order valence-electron chi connectivity index (χ3n) is 3.83. The Morgan fingerprint density at radius 1 is 0.926 bits per heavy atom. The van der Waals surface area contributed by atoms with E-state index >= 15 is 0 Å². The molecule has 0 bridgehead atoms. The number of hydrogen-bond donors (Lipinski definition) is 2. The van der Waals surface area contributed by atoms with Gasteiger partial charge in [0.1, 0.15) is 30.4 Å². The molecule has 0 atom stereocenters. The second-order valence-electron chi connectivity index (χ2n) is 6.28. The van der Waals surface area contributed by atoms with Crippen LogP contribution in [0.4, 0.5) is 5.69 Å². The van der Waals surface area contributed by atoms with Crippen LogP contribution in [-0.2, 0) is 0 Å². The monoisotopic (exact) mass is 389 g/mol. The van der Waals surface area contributed by atoms with Gasteiger partial charge in [0.15, 0.2) is 0 Å². The molecule has 7 nitrogen and oxygen atoms in total. The number of rotatable bonds is 6. The fourth-order valence-corrected chi connectivity index (χ4v) is 2.80. The summed E-state index contributed by atoms with van der Waals surface area (Å²) in [5, 5.41) is 0. The Balaban J connectivity index is 0.00000261. The highest BCUT2D eigenvalue weighted by atomic mass is 35.5. The van der Waals surface area contributed by atoms with Crippen molar-refractivity contribution in [1.29, 1.82) is 0 Å². The lowest BCUT2D eigenvalue weighted by atomic mass is 10.1. The number of ether oxygens (including phenoxy) is 2. The molecule has 0 saturated carbocycles. The molecular formula is C19H24ClN5O2. The van der Waals surface area contributed by atoms with Crippen molar-refractivity contribution in [3.8, 4) is 11.5 Å². The predicted octanol–water partition coefficient (Wildman–Crippen LogP) is 2.75. The van der Waals surface area contributed by atoms with Gasteiger partial charge in [0.2, 0.25) is 11.9 Å². The Hall–Kier alpha value is -2.93. The largest absolute Gasteiger partial charge is 0.490 e. The van der Waals surface area contributed by atoms with Gasteiger partial charge in [0, 0.05) is 11.8 Å². The van der Waals surface area contributed by atoms with Gasteiger partial charge in [0.05, 0.1) is 0 Å². The van der Waals surface area contributed by atoms with Crippen molar-refractivity contribution in [2.24, 2.45) is 21.5 Å². The molecule has 2 aromatic carbocycles. The van der Waals surface area contributed by atoms with Gasteiger partial charge in [-0.25, -0.2) is 4.99 Å². The molecule has 1 heterocycles. The molecule has 0 saturated heterocycles. The molecule has 0 aliphatic carbocycles. The highest BCUT2D eigenvalue weighted by Gasteiger charge is 2.33. The van der Waals surface area contributed by atoms with Gasteiger partial charge in [-0.2, -0.15) is 4.99 Å². The predicted molar refractivity (Wildman–Crippen MR) is 111 cm³/mol. The molecule has 27 heavy (non-hydrogen) atoms. The third-order valence-corrected chi connectivity index (χ3v) is 3.83. The average molecular weight is 390 g/mol. The summed E-state index contributed by atoms with van der Waals surface area (Å²) in [6, 6.07) is 17.2. The molecule has 0 radical (unpaired) electrons. The fraction of sp³-hybridized carbons (Fsp3) is 0.263. The summed E-state index contributed by atoms with van der Waals surface area (Å²) in [6.07, 6.45) is 0. The van der Waals surface area contributed by atoms with Crippen molar-refractivity contribution in [2.75, 3.05) is 18.1 Å². The first kappa shape index (κ1) is 20.4. The van der Waals surface area contributed by atoms with Crippen molar-refractivity contribution in [3.63, 3.8) is 0 Å². The average Bonchev–Trinajstić information content (AvgIpc) is 2.58. The van der Waals surface area contributed by atoms with Crippen LogP contribution < -0.4 is 25.8 Å². The molecule has 0 fully saturated rings. The number of halogens is 1. The first-order chi connectivity index (χ1) is 12.5. The molecular weight excluding hydrogens is 366 g/mol. The Morgan fingerprint density at radius 3 is 2.22 bits per heavy atom. The standard InChI is InChI=1S/C19H23N5O2.ClH/c1-19(2)23-17(20)22-18(21)24(19)14-7-6-10-16(13-14)26-12-11-25-15-8-4-3-5-9-15;/h3-10,13H,11-12H2,1-2H3,(H4,20,21,22,23);1H. The van der Waals surface area contributed by atoms with Gasteiger partial charge in [0.25, 0.3) is 0 Å². The lowest BCUT2D eigenvalue weighted by molar-refractivity contribution is 0.217. The van der Waals surface area contributed by atoms with E-state index in [2.05, 4.69) is 9.98 Å². The Labute approximate surface area is 165 Å². The van der Waals surface area contributed by atoms with Crippen molar-refractivity contribution in [1.82, 2.24) is 0 Å². The summed E-state index contributed by atoms with van der Waals surface area (Å²) in [7, 11) is 0. The van der Waals surface area contributed by atoms with E-state index in [0.29, 0.717) is 24.9 Å². The number of hydrogen-bond acceptors (Lipinski definition) is 7. The molecule has 0 unspecified atom stereocenters. The van der Waals surface area contributed by atoms with E-state index in [1.165, 1.54) is 0 Å². The van der Waals surface area contributed by atoms with Gasteiger partial charge >= 0.3 is 0 Å². The van der Waals surface area contributed by atoms with Gasteiger partial charge in [-0.3, -0.25) is 4.90 Å². The van der Waals surface area contributed by atoms with Gasteiger partial charge < -0.3 is 20.9 Å². The molecule has 1 aliphatic rings. The van der Waals surface area contributed by atoms with Crippen LogP contribution in [0.25, 0.3) is 0 Å². The maximum Gasteiger partial charge on any atom is 0.220 e. The number of para-hydroxylation sites is 1. The van der Waals surface area contributed by atoms with E-state index in [-0.39, 0.29) is 18.4 Å². The quantitative estimate of drug-likeness (QED) is 0.740. The Bertz CT molecular complexity index is 824. The second kappa shape index (κ2) is 8.64. The molecule has 4 N–H and O–H groups in total.